The van der Waals surface area contributed by atoms with E-state index < -0.39 is 12.1 Å². The maximum absolute atomic E-state index is 11.0. The summed E-state index contributed by atoms with van der Waals surface area (Å²) in [6.45, 7) is 5.65. The van der Waals surface area contributed by atoms with Crippen molar-refractivity contribution in [3.05, 3.63) is 12.2 Å². The van der Waals surface area contributed by atoms with E-state index in [0.717, 1.165) is 0 Å². The molecule has 1 atom stereocenters. The average molecular weight is 247 g/mol. The molecule has 0 amide bonds. The Hall–Kier alpha value is -0.950. The maximum atomic E-state index is 11.0. The molecule has 1 unspecified atom stereocenters. The Bertz CT molecular complexity index is 240. The Morgan fingerprint density at radius 2 is 1.94 bits per heavy atom. The van der Waals surface area contributed by atoms with Crippen LogP contribution in [0.4, 0.5) is 0 Å². The molecule has 0 aliphatic heterocycles. The first-order valence-electron chi connectivity index (χ1n) is 5.28. The lowest BCUT2D eigenvalue weighted by Gasteiger charge is -2.16. The summed E-state index contributed by atoms with van der Waals surface area (Å²) in [5.74, 6) is -0.504. The van der Waals surface area contributed by atoms with Crippen molar-refractivity contribution in [2.24, 2.45) is 0 Å². The highest BCUT2D eigenvalue weighted by Crippen LogP contribution is 1.94. The number of methoxy groups -OCH3 is 2. The second-order valence-corrected chi connectivity index (χ2v) is 3.59. The van der Waals surface area contributed by atoms with Crippen molar-refractivity contribution in [2.75, 3.05) is 33.9 Å². The zero-order chi connectivity index (χ0) is 13.3. The van der Waals surface area contributed by atoms with Gasteiger partial charge in [-0.3, -0.25) is 0 Å². The van der Waals surface area contributed by atoms with Crippen LogP contribution in [0.3, 0.4) is 0 Å². The Balaban J connectivity index is 3.62. The number of esters is 1. The number of carbonyl (C=O) groups excluding carboxylic acids is 1. The molecule has 0 aromatic heterocycles. The molecule has 0 heterocycles. The van der Waals surface area contributed by atoms with E-state index in [1.54, 1.807) is 6.92 Å². The van der Waals surface area contributed by atoms with Gasteiger partial charge in [0.25, 0.3) is 0 Å². The second-order valence-electron chi connectivity index (χ2n) is 3.59. The first kappa shape index (κ1) is 16.1. The van der Waals surface area contributed by atoms with Crippen LogP contribution < -0.4 is 5.32 Å². The third-order valence-electron chi connectivity index (χ3n) is 1.97. The highest BCUT2D eigenvalue weighted by molar-refractivity contribution is 5.86. The number of hydrogen-bond donors (Lipinski definition) is 2. The molecule has 0 aliphatic carbocycles. The number of aliphatic hydroxyl groups excluding tert-OH is 1. The van der Waals surface area contributed by atoms with Crippen LogP contribution in [0, 0.1) is 0 Å². The van der Waals surface area contributed by atoms with Crippen LogP contribution in [0.2, 0.25) is 0 Å². The minimum Gasteiger partial charge on any atom is -0.460 e. The van der Waals surface area contributed by atoms with E-state index in [2.05, 4.69) is 11.9 Å². The van der Waals surface area contributed by atoms with Crippen LogP contribution in [-0.2, 0) is 19.0 Å². The summed E-state index contributed by atoms with van der Waals surface area (Å²) in [5, 5.41) is 12.4. The smallest absolute Gasteiger partial charge is 0.333 e. The molecular weight excluding hydrogens is 226 g/mol. The Morgan fingerprint density at radius 3 is 2.41 bits per heavy atom. The molecular formula is C11H21NO5. The molecule has 0 aromatic carbocycles. The summed E-state index contributed by atoms with van der Waals surface area (Å²) < 4.78 is 14.7. The van der Waals surface area contributed by atoms with Gasteiger partial charge < -0.3 is 24.6 Å². The third-order valence-corrected chi connectivity index (χ3v) is 1.97. The van der Waals surface area contributed by atoms with E-state index in [4.69, 9.17) is 14.2 Å². The Labute approximate surface area is 102 Å². The quantitative estimate of drug-likeness (QED) is 0.330. The number of ether oxygens (including phenoxy) is 3. The fourth-order valence-electron chi connectivity index (χ4n) is 0.985. The van der Waals surface area contributed by atoms with Crippen molar-refractivity contribution in [3.63, 3.8) is 0 Å². The first-order chi connectivity index (χ1) is 8.01. The van der Waals surface area contributed by atoms with Gasteiger partial charge in [0, 0.05) is 32.9 Å². The lowest BCUT2D eigenvalue weighted by molar-refractivity contribution is -0.141. The summed E-state index contributed by atoms with van der Waals surface area (Å²) in [4.78, 5) is 11.0. The van der Waals surface area contributed by atoms with E-state index in [1.807, 2.05) is 0 Å². The van der Waals surface area contributed by atoms with Gasteiger partial charge in [-0.05, 0) is 6.92 Å². The summed E-state index contributed by atoms with van der Waals surface area (Å²) in [5.41, 5.74) is 0.309. The van der Waals surface area contributed by atoms with Crippen molar-refractivity contribution < 1.29 is 24.1 Å². The molecule has 17 heavy (non-hydrogen) atoms. The van der Waals surface area contributed by atoms with Gasteiger partial charge in [0.1, 0.15) is 12.7 Å². The summed E-state index contributed by atoms with van der Waals surface area (Å²) >= 11 is 0. The molecule has 0 spiro atoms. The van der Waals surface area contributed by atoms with E-state index in [0.29, 0.717) is 12.1 Å². The molecule has 6 heteroatoms. The van der Waals surface area contributed by atoms with Gasteiger partial charge in [-0.25, -0.2) is 4.79 Å². The predicted octanol–water partition coefficient (Wildman–Crippen LogP) is -0.325. The summed E-state index contributed by atoms with van der Waals surface area (Å²) in [7, 11) is 3.06. The van der Waals surface area contributed by atoms with Crippen molar-refractivity contribution in [1.29, 1.82) is 0 Å². The van der Waals surface area contributed by atoms with Crippen molar-refractivity contribution in [1.82, 2.24) is 5.32 Å². The number of hydrogen-bond acceptors (Lipinski definition) is 6. The Kier molecular flexibility index (Phi) is 8.61. The topological polar surface area (TPSA) is 77.0 Å². The molecule has 0 rings (SSSR count). The van der Waals surface area contributed by atoms with Crippen LogP contribution >= 0.6 is 0 Å². The number of carbonyl (C=O) groups is 1. The SMILES string of the molecule is C=C(C)C(=O)OCC(O)CNCC(OC)OC. The molecule has 6 nitrogen and oxygen atoms in total. The van der Waals surface area contributed by atoms with E-state index in [9.17, 15) is 9.90 Å². The average Bonchev–Trinajstić information content (AvgIpc) is 2.31. The fraction of sp³-hybridized carbons (Fsp3) is 0.727. The lowest BCUT2D eigenvalue weighted by atomic mass is 10.3. The predicted molar refractivity (Wildman–Crippen MR) is 62.5 cm³/mol. The zero-order valence-electron chi connectivity index (χ0n) is 10.6. The van der Waals surface area contributed by atoms with E-state index in [1.165, 1.54) is 14.2 Å². The second kappa shape index (κ2) is 9.12. The molecule has 0 fully saturated rings. The normalized spacial score (nSPS) is 12.5. The van der Waals surface area contributed by atoms with Gasteiger partial charge in [-0.2, -0.15) is 0 Å². The third kappa shape index (κ3) is 7.87. The van der Waals surface area contributed by atoms with Crippen LogP contribution in [0.1, 0.15) is 6.92 Å². The van der Waals surface area contributed by atoms with Gasteiger partial charge in [0.05, 0.1) is 0 Å². The number of nitrogens with one attached hydrogen (secondary N) is 1. The van der Waals surface area contributed by atoms with Gasteiger partial charge in [0.2, 0.25) is 0 Å². The van der Waals surface area contributed by atoms with Gasteiger partial charge >= 0.3 is 5.97 Å². The van der Waals surface area contributed by atoms with E-state index >= 15 is 0 Å². The molecule has 0 radical (unpaired) electrons. The minimum atomic E-state index is -0.771. The standard InChI is InChI=1S/C11H21NO5/c1-8(2)11(14)17-7-9(13)5-12-6-10(15-3)16-4/h9-10,12-13H,1,5-7H2,2-4H3. The molecule has 0 saturated carbocycles. The zero-order valence-corrected chi connectivity index (χ0v) is 10.6. The van der Waals surface area contributed by atoms with Gasteiger partial charge in [-0.15, -0.1) is 0 Å². The molecule has 2 N–H and O–H groups in total. The Morgan fingerprint density at radius 1 is 1.35 bits per heavy atom. The largest absolute Gasteiger partial charge is 0.460 e. The molecule has 0 aliphatic rings. The van der Waals surface area contributed by atoms with Gasteiger partial charge in [0.15, 0.2) is 6.29 Å². The molecule has 0 saturated heterocycles. The molecule has 100 valence electrons. The maximum Gasteiger partial charge on any atom is 0.333 e. The van der Waals surface area contributed by atoms with Crippen LogP contribution in [0.25, 0.3) is 0 Å². The fourth-order valence-corrected chi connectivity index (χ4v) is 0.985. The molecule has 0 bridgehead atoms. The molecule has 0 aromatic rings. The number of aliphatic hydroxyl groups is 1. The van der Waals surface area contributed by atoms with Crippen LogP contribution in [0.15, 0.2) is 12.2 Å². The number of rotatable bonds is 9. The van der Waals surface area contributed by atoms with Crippen LogP contribution in [0.5, 0.6) is 0 Å². The monoisotopic (exact) mass is 247 g/mol. The highest BCUT2D eigenvalue weighted by Gasteiger charge is 2.10. The van der Waals surface area contributed by atoms with Crippen molar-refractivity contribution in [3.8, 4) is 0 Å². The minimum absolute atomic E-state index is 0.0661. The summed E-state index contributed by atoms with van der Waals surface area (Å²) in [6.07, 6.45) is -1.13. The van der Waals surface area contributed by atoms with Crippen molar-refractivity contribution in [2.45, 2.75) is 19.3 Å². The van der Waals surface area contributed by atoms with Crippen LogP contribution in [-0.4, -0.2) is 57.4 Å². The summed E-state index contributed by atoms with van der Waals surface area (Å²) in [6, 6.07) is 0. The van der Waals surface area contributed by atoms with Gasteiger partial charge in [-0.1, -0.05) is 6.58 Å². The first-order valence-corrected chi connectivity index (χ1v) is 5.28. The lowest BCUT2D eigenvalue weighted by Crippen LogP contribution is -2.37. The van der Waals surface area contributed by atoms with E-state index in [-0.39, 0.29) is 19.4 Å². The highest BCUT2D eigenvalue weighted by atomic mass is 16.7. The van der Waals surface area contributed by atoms with Crippen molar-refractivity contribution >= 4 is 5.97 Å².